The summed E-state index contributed by atoms with van der Waals surface area (Å²) in [4.78, 5) is 31.9. The lowest BCUT2D eigenvalue weighted by molar-refractivity contribution is -0.119. The number of nitrogens with one attached hydrogen (secondary N) is 1. The number of aryl methyl sites for hydroxylation is 1. The highest BCUT2D eigenvalue weighted by atomic mass is 19.1. The molecule has 2 aromatic heterocycles. The first-order chi connectivity index (χ1) is 15.0. The second kappa shape index (κ2) is 8.39. The third-order valence-corrected chi connectivity index (χ3v) is 4.77. The summed E-state index contributed by atoms with van der Waals surface area (Å²) < 4.78 is 15.6. The molecule has 1 N–H and O–H groups in total. The van der Waals surface area contributed by atoms with Gasteiger partial charge < -0.3 is 10.2 Å². The van der Waals surface area contributed by atoms with Crippen molar-refractivity contribution in [1.29, 1.82) is 0 Å². The molecule has 0 saturated heterocycles. The predicted octanol–water partition coefficient (Wildman–Crippen LogP) is 3.14. The van der Waals surface area contributed by atoms with Crippen LogP contribution >= 0.6 is 0 Å². The Kier molecular flexibility index (Phi) is 5.48. The molecule has 31 heavy (non-hydrogen) atoms. The lowest BCUT2D eigenvalue weighted by Crippen LogP contribution is -2.36. The van der Waals surface area contributed by atoms with Crippen LogP contribution in [0.2, 0.25) is 0 Å². The number of benzene rings is 2. The van der Waals surface area contributed by atoms with E-state index >= 15 is 0 Å². The van der Waals surface area contributed by atoms with Crippen LogP contribution in [0.3, 0.4) is 0 Å². The molecule has 0 fully saturated rings. The summed E-state index contributed by atoms with van der Waals surface area (Å²) in [6.07, 6.45) is 0. The Hall–Kier alpha value is -4.01. The number of carbonyl (C=O) groups is 1. The van der Waals surface area contributed by atoms with Crippen LogP contribution in [-0.2, 0) is 11.3 Å². The summed E-state index contributed by atoms with van der Waals surface area (Å²) in [5.74, 6) is -0.382. The van der Waals surface area contributed by atoms with E-state index in [9.17, 15) is 14.0 Å². The van der Waals surface area contributed by atoms with Crippen molar-refractivity contribution in [2.45, 2.75) is 20.4 Å². The number of amides is 1. The number of rotatable bonds is 6. The molecular formula is C22H21FN6O2. The molecular weight excluding hydrogens is 399 g/mol. The van der Waals surface area contributed by atoms with Gasteiger partial charge in [-0.3, -0.25) is 4.79 Å². The lowest BCUT2D eigenvalue weighted by Gasteiger charge is -2.20. The molecule has 2 aromatic carbocycles. The zero-order valence-corrected chi connectivity index (χ0v) is 17.1. The predicted molar refractivity (Wildman–Crippen MR) is 116 cm³/mol. The number of hydrogen-bond donors (Lipinski definition) is 1. The van der Waals surface area contributed by atoms with Crippen LogP contribution in [-0.4, -0.2) is 31.6 Å². The number of nitrogens with zero attached hydrogens (tertiary/aromatic N) is 5. The van der Waals surface area contributed by atoms with Crippen LogP contribution in [0.5, 0.6) is 0 Å². The monoisotopic (exact) mass is 420 g/mol. The Morgan fingerprint density at radius 1 is 1.13 bits per heavy atom. The van der Waals surface area contributed by atoms with Crippen molar-refractivity contribution >= 4 is 28.9 Å². The van der Waals surface area contributed by atoms with Crippen LogP contribution in [0.1, 0.15) is 12.6 Å². The van der Waals surface area contributed by atoms with Gasteiger partial charge in [-0.15, -0.1) is 5.10 Å². The van der Waals surface area contributed by atoms with Crippen LogP contribution in [0.4, 0.5) is 21.7 Å². The number of likely N-dealkylation sites (N-methyl/N-ethyl adjacent to an activating group) is 1. The Bertz CT molecular complexity index is 1280. The van der Waals surface area contributed by atoms with E-state index in [-0.39, 0.29) is 24.2 Å². The minimum absolute atomic E-state index is 0.210. The molecule has 0 spiro atoms. The van der Waals surface area contributed by atoms with Crippen molar-refractivity contribution in [2.75, 3.05) is 16.8 Å². The molecule has 0 unspecified atom stereocenters. The average molecular weight is 420 g/mol. The van der Waals surface area contributed by atoms with Gasteiger partial charge in [0.25, 0.3) is 0 Å². The van der Waals surface area contributed by atoms with Gasteiger partial charge in [0.15, 0.2) is 5.65 Å². The fourth-order valence-corrected chi connectivity index (χ4v) is 3.33. The van der Waals surface area contributed by atoms with Crippen LogP contribution in [0.25, 0.3) is 5.65 Å². The van der Waals surface area contributed by atoms with E-state index in [0.717, 1.165) is 10.4 Å². The van der Waals surface area contributed by atoms with E-state index in [4.69, 9.17) is 0 Å². The smallest absolute Gasteiger partial charge is 0.325 e. The molecule has 0 aliphatic rings. The number of halogens is 1. The molecule has 0 radical (unpaired) electrons. The standard InChI is InChI=1S/C22H21FN6O2/c1-3-27(18-7-5-4-6-8-18)20(30)14-28-22(31)29-19(26-28)13-15(2)24-21(29)25-17-11-9-16(23)10-12-17/h4-13H,3,14H2,1-2H3,(H,24,25). The second-order valence-corrected chi connectivity index (χ2v) is 6.96. The third-order valence-electron chi connectivity index (χ3n) is 4.77. The van der Waals surface area contributed by atoms with Gasteiger partial charge in [-0.25, -0.2) is 23.3 Å². The first-order valence-electron chi connectivity index (χ1n) is 9.81. The Morgan fingerprint density at radius 2 is 1.84 bits per heavy atom. The topological polar surface area (TPSA) is 84.5 Å². The largest absolute Gasteiger partial charge is 0.353 e. The Balaban J connectivity index is 1.68. The first kappa shape index (κ1) is 20.3. The zero-order chi connectivity index (χ0) is 22.0. The summed E-state index contributed by atoms with van der Waals surface area (Å²) >= 11 is 0. The maximum atomic E-state index is 13.2. The second-order valence-electron chi connectivity index (χ2n) is 6.96. The SMILES string of the molecule is CCN(C(=O)Cn1nc2cc(C)nc(Nc3ccc(F)cc3)n2c1=O)c1ccccc1. The van der Waals surface area contributed by atoms with Crippen molar-refractivity contribution in [3.8, 4) is 0 Å². The normalized spacial score (nSPS) is 10.9. The zero-order valence-electron chi connectivity index (χ0n) is 17.1. The van der Waals surface area contributed by atoms with E-state index in [1.807, 2.05) is 37.3 Å². The fourth-order valence-electron chi connectivity index (χ4n) is 3.33. The third kappa shape index (κ3) is 4.16. The van der Waals surface area contributed by atoms with Gasteiger partial charge in [-0.05, 0) is 50.2 Å². The van der Waals surface area contributed by atoms with Gasteiger partial charge in [0.1, 0.15) is 12.4 Å². The lowest BCUT2D eigenvalue weighted by atomic mass is 10.3. The maximum absolute atomic E-state index is 13.2. The van der Waals surface area contributed by atoms with Crippen molar-refractivity contribution in [1.82, 2.24) is 19.2 Å². The fraction of sp³-hybridized carbons (Fsp3) is 0.182. The average Bonchev–Trinajstić information content (AvgIpc) is 3.06. The van der Waals surface area contributed by atoms with Crippen molar-refractivity contribution in [3.63, 3.8) is 0 Å². The van der Waals surface area contributed by atoms with Crippen molar-refractivity contribution < 1.29 is 9.18 Å². The molecule has 0 saturated carbocycles. The van der Waals surface area contributed by atoms with E-state index in [1.165, 1.54) is 16.5 Å². The minimum Gasteiger partial charge on any atom is -0.325 e. The molecule has 4 aromatic rings. The quantitative estimate of drug-likeness (QED) is 0.518. The van der Waals surface area contributed by atoms with Gasteiger partial charge in [0.05, 0.1) is 0 Å². The Morgan fingerprint density at radius 3 is 2.52 bits per heavy atom. The summed E-state index contributed by atoms with van der Waals surface area (Å²) in [5, 5.41) is 7.34. The van der Waals surface area contributed by atoms with Gasteiger partial charge in [0, 0.05) is 29.7 Å². The van der Waals surface area contributed by atoms with Crippen molar-refractivity contribution in [3.05, 3.63) is 82.7 Å². The van der Waals surface area contributed by atoms with E-state index < -0.39 is 5.69 Å². The molecule has 158 valence electrons. The molecule has 0 bridgehead atoms. The van der Waals surface area contributed by atoms with E-state index in [2.05, 4.69) is 15.4 Å². The van der Waals surface area contributed by atoms with Crippen LogP contribution < -0.4 is 15.9 Å². The van der Waals surface area contributed by atoms with Gasteiger partial charge >= 0.3 is 5.69 Å². The molecule has 0 atom stereocenters. The molecule has 2 heterocycles. The van der Waals surface area contributed by atoms with E-state index in [1.54, 1.807) is 30.0 Å². The highest BCUT2D eigenvalue weighted by Gasteiger charge is 2.19. The highest BCUT2D eigenvalue weighted by Crippen LogP contribution is 2.17. The highest BCUT2D eigenvalue weighted by molar-refractivity contribution is 5.93. The molecule has 4 rings (SSSR count). The van der Waals surface area contributed by atoms with Gasteiger partial charge in [-0.2, -0.15) is 0 Å². The number of para-hydroxylation sites is 1. The number of hydrogen-bond acceptors (Lipinski definition) is 5. The maximum Gasteiger partial charge on any atom is 0.353 e. The van der Waals surface area contributed by atoms with Crippen molar-refractivity contribution in [2.24, 2.45) is 0 Å². The molecule has 0 aliphatic heterocycles. The molecule has 1 amide bonds. The summed E-state index contributed by atoms with van der Waals surface area (Å²) in [7, 11) is 0. The number of carbonyl (C=O) groups excluding carboxylic acids is 1. The summed E-state index contributed by atoms with van der Waals surface area (Å²) in [5.41, 5.74) is 1.82. The first-order valence-corrected chi connectivity index (χ1v) is 9.81. The molecule has 8 nitrogen and oxygen atoms in total. The minimum atomic E-state index is -0.496. The van der Waals surface area contributed by atoms with Gasteiger partial charge in [0.2, 0.25) is 11.9 Å². The molecule has 9 heteroatoms. The Labute approximate surface area is 177 Å². The number of fused-ring (bicyclic) bond motifs is 1. The van der Waals surface area contributed by atoms with Gasteiger partial charge in [-0.1, -0.05) is 18.2 Å². The summed E-state index contributed by atoms with van der Waals surface area (Å²) in [6, 6.07) is 16.6. The number of aromatic nitrogens is 4. The number of anilines is 3. The van der Waals surface area contributed by atoms with E-state index in [0.29, 0.717) is 23.6 Å². The van der Waals surface area contributed by atoms with Crippen LogP contribution in [0.15, 0.2) is 65.5 Å². The van der Waals surface area contributed by atoms with Crippen LogP contribution in [0, 0.1) is 12.7 Å². The molecule has 0 aliphatic carbocycles. The summed E-state index contributed by atoms with van der Waals surface area (Å²) in [6.45, 7) is 3.90.